The van der Waals surface area contributed by atoms with Crippen molar-refractivity contribution >= 4 is 9.84 Å². The highest BCUT2D eigenvalue weighted by molar-refractivity contribution is 7.91. The van der Waals surface area contributed by atoms with Crippen LogP contribution in [0.1, 0.15) is 16.7 Å². The highest BCUT2D eigenvalue weighted by Crippen LogP contribution is 2.28. The topological polar surface area (TPSA) is 43.4 Å². The zero-order chi connectivity index (χ0) is 14.9. The van der Waals surface area contributed by atoms with Gasteiger partial charge in [-0.05, 0) is 56.2 Å². The van der Waals surface area contributed by atoms with Crippen LogP contribution in [0.3, 0.4) is 0 Å². The molecule has 0 aliphatic carbocycles. The largest absolute Gasteiger partial charge is 0.497 e. The van der Waals surface area contributed by atoms with E-state index in [1.54, 1.807) is 31.4 Å². The molecule has 0 unspecified atom stereocenters. The molecule has 0 radical (unpaired) electrons. The third kappa shape index (κ3) is 2.56. The number of hydrogen-bond donors (Lipinski definition) is 0. The van der Waals surface area contributed by atoms with E-state index >= 15 is 0 Å². The molecule has 0 bridgehead atoms. The number of benzene rings is 2. The van der Waals surface area contributed by atoms with E-state index in [1.807, 2.05) is 32.9 Å². The molecule has 106 valence electrons. The molecule has 2 aromatic rings. The van der Waals surface area contributed by atoms with Crippen molar-refractivity contribution in [2.24, 2.45) is 0 Å². The molecule has 0 N–H and O–H groups in total. The Balaban J connectivity index is 2.60. The van der Waals surface area contributed by atoms with E-state index in [9.17, 15) is 8.42 Å². The first kappa shape index (κ1) is 14.6. The number of hydrogen-bond acceptors (Lipinski definition) is 3. The number of rotatable bonds is 3. The van der Waals surface area contributed by atoms with Crippen LogP contribution in [0.4, 0.5) is 0 Å². The standard InChI is InChI=1S/C16H18O3S/c1-11-9-12(2)16(13(3)10-11)20(17,18)15-7-5-14(19-4)6-8-15/h5-10H,1-4H3. The fraction of sp³-hybridized carbons (Fsp3) is 0.250. The van der Waals surface area contributed by atoms with Crippen LogP contribution in [0.15, 0.2) is 46.2 Å². The highest BCUT2D eigenvalue weighted by atomic mass is 32.2. The molecule has 0 atom stereocenters. The molecular formula is C16H18O3S. The van der Waals surface area contributed by atoms with Crippen LogP contribution in [0, 0.1) is 20.8 Å². The van der Waals surface area contributed by atoms with Gasteiger partial charge < -0.3 is 4.74 Å². The van der Waals surface area contributed by atoms with Gasteiger partial charge in [-0.2, -0.15) is 0 Å². The van der Waals surface area contributed by atoms with Gasteiger partial charge in [-0.25, -0.2) is 8.42 Å². The summed E-state index contributed by atoms with van der Waals surface area (Å²) in [7, 11) is -1.94. The second-order valence-corrected chi connectivity index (χ2v) is 6.79. The molecule has 0 saturated carbocycles. The van der Waals surface area contributed by atoms with Crippen molar-refractivity contribution in [3.8, 4) is 5.75 Å². The predicted molar refractivity (Wildman–Crippen MR) is 79.1 cm³/mol. The first-order valence-corrected chi connectivity index (χ1v) is 7.81. The third-order valence-corrected chi connectivity index (χ3v) is 5.32. The molecule has 0 aliphatic rings. The third-order valence-electron chi connectivity index (χ3n) is 3.24. The predicted octanol–water partition coefficient (Wildman–Crippen LogP) is 3.45. The molecular weight excluding hydrogens is 272 g/mol. The van der Waals surface area contributed by atoms with Gasteiger partial charge in [0.1, 0.15) is 5.75 Å². The highest BCUT2D eigenvalue weighted by Gasteiger charge is 2.22. The number of sulfone groups is 1. The van der Waals surface area contributed by atoms with Crippen molar-refractivity contribution in [2.75, 3.05) is 7.11 Å². The summed E-state index contributed by atoms with van der Waals surface area (Å²) in [5.41, 5.74) is 2.62. The maximum Gasteiger partial charge on any atom is 0.207 e. The Morgan fingerprint density at radius 2 is 1.40 bits per heavy atom. The summed E-state index contributed by atoms with van der Waals surface area (Å²) in [5.74, 6) is 0.640. The lowest BCUT2D eigenvalue weighted by Crippen LogP contribution is -2.07. The van der Waals surface area contributed by atoms with Crippen molar-refractivity contribution in [3.05, 3.63) is 53.1 Å². The van der Waals surface area contributed by atoms with Crippen molar-refractivity contribution in [1.29, 1.82) is 0 Å². The van der Waals surface area contributed by atoms with E-state index in [0.29, 0.717) is 10.6 Å². The van der Waals surface area contributed by atoms with Crippen LogP contribution < -0.4 is 4.74 Å². The summed E-state index contributed by atoms with van der Waals surface area (Å²) in [6, 6.07) is 10.3. The minimum atomic E-state index is -3.50. The monoisotopic (exact) mass is 290 g/mol. The van der Waals surface area contributed by atoms with Crippen molar-refractivity contribution in [3.63, 3.8) is 0 Å². The Hall–Kier alpha value is -1.81. The average molecular weight is 290 g/mol. The lowest BCUT2D eigenvalue weighted by atomic mass is 10.1. The second-order valence-electron chi connectivity index (χ2n) is 4.91. The van der Waals surface area contributed by atoms with E-state index in [2.05, 4.69) is 0 Å². The van der Waals surface area contributed by atoms with E-state index in [0.717, 1.165) is 16.7 Å². The van der Waals surface area contributed by atoms with Gasteiger partial charge in [0.25, 0.3) is 0 Å². The maximum absolute atomic E-state index is 12.7. The number of methoxy groups -OCH3 is 1. The van der Waals surface area contributed by atoms with Gasteiger partial charge in [0, 0.05) is 0 Å². The molecule has 20 heavy (non-hydrogen) atoms. The maximum atomic E-state index is 12.7. The summed E-state index contributed by atoms with van der Waals surface area (Å²) in [6.45, 7) is 5.62. The molecule has 0 aliphatic heterocycles. The summed E-state index contributed by atoms with van der Waals surface area (Å²) >= 11 is 0. The smallest absolute Gasteiger partial charge is 0.207 e. The second kappa shape index (κ2) is 5.29. The molecule has 0 fully saturated rings. The minimum absolute atomic E-state index is 0.286. The van der Waals surface area contributed by atoms with Crippen LogP contribution in [0.25, 0.3) is 0 Å². The molecule has 2 rings (SSSR count). The molecule has 3 nitrogen and oxygen atoms in total. The van der Waals surface area contributed by atoms with Crippen molar-refractivity contribution in [1.82, 2.24) is 0 Å². The Morgan fingerprint density at radius 1 is 0.900 bits per heavy atom. The van der Waals surface area contributed by atoms with Gasteiger partial charge >= 0.3 is 0 Å². The van der Waals surface area contributed by atoms with E-state index in [1.165, 1.54) is 0 Å². The first-order valence-electron chi connectivity index (χ1n) is 6.33. The first-order chi connectivity index (χ1) is 9.36. The van der Waals surface area contributed by atoms with E-state index < -0.39 is 9.84 Å². The van der Waals surface area contributed by atoms with Crippen molar-refractivity contribution in [2.45, 2.75) is 30.6 Å². The lowest BCUT2D eigenvalue weighted by molar-refractivity contribution is 0.414. The molecule has 0 aromatic heterocycles. The Morgan fingerprint density at radius 3 is 1.85 bits per heavy atom. The molecule has 0 saturated heterocycles. The van der Waals surface area contributed by atoms with E-state index in [4.69, 9.17) is 4.74 Å². The Bertz CT molecular complexity index is 706. The van der Waals surface area contributed by atoms with Gasteiger partial charge in [0.05, 0.1) is 16.9 Å². The SMILES string of the molecule is COc1ccc(S(=O)(=O)c2c(C)cc(C)cc2C)cc1. The number of aryl methyl sites for hydroxylation is 3. The quantitative estimate of drug-likeness (QED) is 0.869. The Kier molecular flexibility index (Phi) is 3.86. The zero-order valence-corrected chi connectivity index (χ0v) is 12.9. The fourth-order valence-electron chi connectivity index (χ4n) is 2.46. The van der Waals surface area contributed by atoms with Gasteiger partial charge in [0.2, 0.25) is 9.84 Å². The van der Waals surface area contributed by atoms with Crippen LogP contribution in [-0.4, -0.2) is 15.5 Å². The zero-order valence-electron chi connectivity index (χ0n) is 12.1. The van der Waals surface area contributed by atoms with Crippen LogP contribution in [-0.2, 0) is 9.84 Å². The summed E-state index contributed by atoms with van der Waals surface area (Å²) in [6.07, 6.45) is 0. The van der Waals surface area contributed by atoms with Gasteiger partial charge in [-0.15, -0.1) is 0 Å². The van der Waals surface area contributed by atoms with Crippen LogP contribution in [0.5, 0.6) is 5.75 Å². The molecule has 0 heterocycles. The Labute approximate surface area is 120 Å². The summed E-state index contributed by atoms with van der Waals surface area (Å²) in [5, 5.41) is 0. The number of ether oxygens (including phenoxy) is 1. The van der Waals surface area contributed by atoms with E-state index in [-0.39, 0.29) is 4.90 Å². The summed E-state index contributed by atoms with van der Waals surface area (Å²) < 4.78 is 30.5. The van der Waals surface area contributed by atoms with Crippen LogP contribution in [0.2, 0.25) is 0 Å². The minimum Gasteiger partial charge on any atom is -0.497 e. The molecule has 0 amide bonds. The van der Waals surface area contributed by atoms with Gasteiger partial charge in [0.15, 0.2) is 0 Å². The normalized spacial score (nSPS) is 11.4. The average Bonchev–Trinajstić information content (AvgIpc) is 2.37. The lowest BCUT2D eigenvalue weighted by Gasteiger charge is -2.12. The molecule has 0 spiro atoms. The van der Waals surface area contributed by atoms with Gasteiger partial charge in [-0.1, -0.05) is 17.7 Å². The molecule has 2 aromatic carbocycles. The fourth-order valence-corrected chi connectivity index (χ4v) is 4.16. The van der Waals surface area contributed by atoms with Crippen LogP contribution >= 0.6 is 0 Å². The van der Waals surface area contributed by atoms with Gasteiger partial charge in [-0.3, -0.25) is 0 Å². The summed E-state index contributed by atoms with van der Waals surface area (Å²) in [4.78, 5) is 0.682. The molecule has 4 heteroatoms. The van der Waals surface area contributed by atoms with Crippen molar-refractivity contribution < 1.29 is 13.2 Å².